The zero-order chi connectivity index (χ0) is 18.0. The van der Waals surface area contributed by atoms with Crippen LogP contribution in [0.15, 0.2) is 51.8 Å². The van der Waals surface area contributed by atoms with E-state index >= 15 is 0 Å². The van der Waals surface area contributed by atoms with E-state index in [1.807, 2.05) is 6.92 Å². The maximum atomic E-state index is 12.5. The van der Waals surface area contributed by atoms with E-state index in [0.29, 0.717) is 22.9 Å². The molecule has 0 fully saturated rings. The number of carbonyl (C=O) groups excluding carboxylic acids is 1. The Labute approximate surface area is 151 Å². The van der Waals surface area contributed by atoms with Crippen LogP contribution in [0.25, 0.3) is 0 Å². The Bertz CT molecular complexity index is 957. The number of nitrogens with one attached hydrogen (secondary N) is 1. The second-order valence-electron chi connectivity index (χ2n) is 5.51. The van der Waals surface area contributed by atoms with Crippen molar-refractivity contribution in [3.05, 3.63) is 53.1 Å². The van der Waals surface area contributed by atoms with Gasteiger partial charge in [0.15, 0.2) is 0 Å². The molecule has 1 aliphatic heterocycles. The van der Waals surface area contributed by atoms with Crippen LogP contribution in [-0.2, 0) is 10.0 Å². The third-order valence-electron chi connectivity index (χ3n) is 3.72. The number of halogens is 1. The van der Waals surface area contributed by atoms with Crippen molar-refractivity contribution in [1.82, 2.24) is 0 Å². The van der Waals surface area contributed by atoms with Crippen LogP contribution in [0.2, 0.25) is 5.02 Å². The van der Waals surface area contributed by atoms with Gasteiger partial charge in [0.25, 0.3) is 15.9 Å². The average Bonchev–Trinajstić information content (AvgIpc) is 2.59. The topological polar surface area (TPSA) is 78.8 Å². The summed E-state index contributed by atoms with van der Waals surface area (Å²) in [5.74, 6) is -0.442. The number of hydrogen-bond acceptors (Lipinski definition) is 4. The minimum Gasteiger partial charge on any atom is -0.331 e. The van der Waals surface area contributed by atoms with Gasteiger partial charge >= 0.3 is 0 Å². The van der Waals surface area contributed by atoms with Gasteiger partial charge in [-0.25, -0.2) is 0 Å². The van der Waals surface area contributed by atoms with Gasteiger partial charge in [0.2, 0.25) is 0 Å². The summed E-state index contributed by atoms with van der Waals surface area (Å²) in [6, 6.07) is 11.4. The van der Waals surface area contributed by atoms with E-state index in [1.165, 1.54) is 12.4 Å². The average molecular weight is 378 g/mol. The minimum atomic E-state index is -3.81. The van der Waals surface area contributed by atoms with Crippen molar-refractivity contribution in [2.45, 2.75) is 18.2 Å². The summed E-state index contributed by atoms with van der Waals surface area (Å²) in [7, 11) is -3.81. The molecule has 0 radical (unpaired) electrons. The number of rotatable bonds is 4. The number of hydrogen-bond donors (Lipinski definition) is 1. The number of anilines is 2. The molecule has 0 atom stereocenters. The molecule has 0 spiro atoms. The lowest BCUT2D eigenvalue weighted by molar-refractivity contribution is 0.102. The Hall–Kier alpha value is -2.38. The van der Waals surface area contributed by atoms with Crippen molar-refractivity contribution in [1.29, 1.82) is 0 Å². The van der Waals surface area contributed by atoms with Gasteiger partial charge in [-0.05, 0) is 36.8 Å². The normalized spacial score (nSPS) is 14.9. The molecule has 1 amide bonds. The quantitative estimate of drug-likeness (QED) is 0.883. The van der Waals surface area contributed by atoms with Gasteiger partial charge in [0.05, 0.1) is 16.4 Å². The van der Waals surface area contributed by atoms with Crippen LogP contribution >= 0.6 is 11.6 Å². The van der Waals surface area contributed by atoms with Crippen LogP contribution in [0, 0.1) is 0 Å². The molecule has 1 aliphatic rings. The Morgan fingerprint density at radius 3 is 2.72 bits per heavy atom. The van der Waals surface area contributed by atoms with E-state index in [-0.39, 0.29) is 10.5 Å². The Morgan fingerprint density at radius 2 is 2.00 bits per heavy atom. The molecule has 1 N–H and O–H groups in total. The van der Waals surface area contributed by atoms with Crippen molar-refractivity contribution in [2.75, 3.05) is 16.8 Å². The maximum Gasteiger partial charge on any atom is 0.285 e. The minimum absolute atomic E-state index is 0.0234. The Morgan fingerprint density at radius 1 is 1.24 bits per heavy atom. The van der Waals surface area contributed by atoms with Crippen LogP contribution < -0.4 is 10.2 Å². The van der Waals surface area contributed by atoms with E-state index in [0.717, 1.165) is 6.42 Å². The van der Waals surface area contributed by atoms with Crippen molar-refractivity contribution >= 4 is 45.2 Å². The summed E-state index contributed by atoms with van der Waals surface area (Å²) in [6.45, 7) is 2.62. The summed E-state index contributed by atoms with van der Waals surface area (Å²) in [5, 5.41) is 3.08. The number of para-hydroxylation sites is 1. The fourth-order valence-electron chi connectivity index (χ4n) is 2.51. The molecule has 1 heterocycles. The Kier molecular flexibility index (Phi) is 4.78. The first-order valence-corrected chi connectivity index (χ1v) is 9.51. The first-order valence-electron chi connectivity index (χ1n) is 7.69. The van der Waals surface area contributed by atoms with Crippen LogP contribution in [-0.4, -0.2) is 27.2 Å². The number of amides is 1. The molecule has 0 saturated carbocycles. The molecular formula is C17H16ClN3O3S. The highest BCUT2D eigenvalue weighted by molar-refractivity contribution is 7.90. The summed E-state index contributed by atoms with van der Waals surface area (Å²) < 4.78 is 28.1. The number of nitrogens with zero attached hydrogens (tertiary/aromatic N) is 2. The summed E-state index contributed by atoms with van der Waals surface area (Å²) in [5.41, 5.74) is 1.20. The first kappa shape index (κ1) is 17.4. The fraction of sp³-hybridized carbons (Fsp3) is 0.176. The van der Waals surface area contributed by atoms with Crippen molar-refractivity contribution in [3.63, 3.8) is 0 Å². The molecule has 0 saturated heterocycles. The van der Waals surface area contributed by atoms with E-state index in [1.54, 1.807) is 41.3 Å². The van der Waals surface area contributed by atoms with Gasteiger partial charge in [-0.3, -0.25) is 4.79 Å². The molecule has 8 heteroatoms. The molecule has 6 nitrogen and oxygen atoms in total. The van der Waals surface area contributed by atoms with Crippen LogP contribution in [0.4, 0.5) is 11.4 Å². The number of carbonyl (C=O) groups is 1. The lowest BCUT2D eigenvalue weighted by Crippen LogP contribution is -2.28. The highest BCUT2D eigenvalue weighted by atomic mass is 35.5. The second-order valence-corrected chi connectivity index (χ2v) is 7.51. The SMILES string of the molecule is CCCN1C=NS(=O)(=O)c2cc(C(=O)Nc3ccccc3Cl)ccc21. The van der Waals surface area contributed by atoms with E-state index in [9.17, 15) is 13.2 Å². The lowest BCUT2D eigenvalue weighted by atomic mass is 10.1. The highest BCUT2D eigenvalue weighted by Gasteiger charge is 2.26. The standard InChI is InChI=1S/C17H16ClN3O3S/c1-2-9-21-11-19-25(23,24)16-10-12(7-8-15(16)21)17(22)20-14-6-4-3-5-13(14)18/h3-8,10-11H,2,9H2,1H3,(H,20,22). The molecule has 130 valence electrons. The molecule has 2 aromatic rings. The largest absolute Gasteiger partial charge is 0.331 e. The molecule has 3 rings (SSSR count). The lowest BCUT2D eigenvalue weighted by Gasteiger charge is -2.25. The number of fused-ring (bicyclic) bond motifs is 1. The monoisotopic (exact) mass is 377 g/mol. The predicted molar refractivity (Wildman–Crippen MR) is 99.2 cm³/mol. The van der Waals surface area contributed by atoms with Crippen molar-refractivity contribution in [2.24, 2.45) is 4.40 Å². The predicted octanol–water partition coefficient (Wildman–Crippen LogP) is 3.54. The zero-order valence-corrected chi connectivity index (χ0v) is 15.0. The number of sulfonamides is 1. The van der Waals surface area contributed by atoms with Gasteiger partial charge in [-0.2, -0.15) is 8.42 Å². The molecular weight excluding hydrogens is 362 g/mol. The van der Waals surface area contributed by atoms with E-state index in [2.05, 4.69) is 9.71 Å². The van der Waals surface area contributed by atoms with Gasteiger partial charge < -0.3 is 10.2 Å². The maximum absolute atomic E-state index is 12.5. The molecule has 0 aliphatic carbocycles. The molecule has 25 heavy (non-hydrogen) atoms. The third-order valence-corrected chi connectivity index (χ3v) is 5.31. The number of benzene rings is 2. The molecule has 0 bridgehead atoms. The highest BCUT2D eigenvalue weighted by Crippen LogP contribution is 2.31. The third kappa shape index (κ3) is 3.52. The summed E-state index contributed by atoms with van der Waals surface area (Å²) in [6.07, 6.45) is 2.14. The van der Waals surface area contributed by atoms with Crippen molar-refractivity contribution < 1.29 is 13.2 Å². The zero-order valence-electron chi connectivity index (χ0n) is 13.4. The van der Waals surface area contributed by atoms with E-state index in [4.69, 9.17) is 11.6 Å². The van der Waals surface area contributed by atoms with Crippen LogP contribution in [0.1, 0.15) is 23.7 Å². The molecule has 0 unspecified atom stereocenters. The van der Waals surface area contributed by atoms with Gasteiger partial charge in [-0.15, -0.1) is 4.40 Å². The summed E-state index contributed by atoms with van der Waals surface area (Å²) in [4.78, 5) is 14.2. The Balaban J connectivity index is 1.95. The van der Waals surface area contributed by atoms with Crippen molar-refractivity contribution in [3.8, 4) is 0 Å². The van der Waals surface area contributed by atoms with E-state index < -0.39 is 15.9 Å². The fourth-order valence-corrected chi connectivity index (χ4v) is 3.77. The smallest absolute Gasteiger partial charge is 0.285 e. The van der Waals surface area contributed by atoms with Gasteiger partial charge in [-0.1, -0.05) is 30.7 Å². The second kappa shape index (κ2) is 6.85. The van der Waals surface area contributed by atoms with Gasteiger partial charge in [0.1, 0.15) is 11.2 Å². The first-order chi connectivity index (χ1) is 11.9. The molecule has 0 aromatic heterocycles. The van der Waals surface area contributed by atoms with Crippen LogP contribution in [0.5, 0.6) is 0 Å². The van der Waals surface area contributed by atoms with Crippen LogP contribution in [0.3, 0.4) is 0 Å². The molecule has 2 aromatic carbocycles. The summed E-state index contributed by atoms with van der Waals surface area (Å²) >= 11 is 6.03. The van der Waals surface area contributed by atoms with Gasteiger partial charge in [0, 0.05) is 12.1 Å².